The van der Waals surface area contributed by atoms with Crippen molar-refractivity contribution < 1.29 is 0 Å². The SMILES string of the molecule is CC(C)N(CCN1CCC(CNC(C)(C)C)C1)C(C)C. The summed E-state index contributed by atoms with van der Waals surface area (Å²) in [7, 11) is 0. The predicted octanol–water partition coefficient (Wildman–Crippen LogP) is 2.82. The molecule has 1 N–H and O–H groups in total. The second kappa shape index (κ2) is 7.77. The Labute approximate surface area is 127 Å². The van der Waals surface area contributed by atoms with Crippen LogP contribution in [0.25, 0.3) is 0 Å². The van der Waals surface area contributed by atoms with Crippen molar-refractivity contribution in [3.63, 3.8) is 0 Å². The van der Waals surface area contributed by atoms with Gasteiger partial charge in [0.05, 0.1) is 0 Å². The zero-order valence-electron chi connectivity index (χ0n) is 14.9. The van der Waals surface area contributed by atoms with Gasteiger partial charge in [0.1, 0.15) is 0 Å². The van der Waals surface area contributed by atoms with Gasteiger partial charge in [-0.3, -0.25) is 4.90 Å². The van der Waals surface area contributed by atoms with Crippen LogP contribution >= 0.6 is 0 Å². The van der Waals surface area contributed by atoms with Gasteiger partial charge in [-0.25, -0.2) is 0 Å². The van der Waals surface area contributed by atoms with Crippen LogP contribution in [0.5, 0.6) is 0 Å². The fourth-order valence-corrected chi connectivity index (χ4v) is 3.10. The predicted molar refractivity (Wildman–Crippen MR) is 89.3 cm³/mol. The molecule has 0 saturated carbocycles. The van der Waals surface area contributed by atoms with Crippen molar-refractivity contribution in [3.8, 4) is 0 Å². The minimum atomic E-state index is 0.250. The molecule has 20 heavy (non-hydrogen) atoms. The Balaban J connectivity index is 2.27. The molecule has 0 aromatic rings. The van der Waals surface area contributed by atoms with Gasteiger partial charge in [0.15, 0.2) is 0 Å². The van der Waals surface area contributed by atoms with Crippen LogP contribution in [-0.4, -0.2) is 60.1 Å². The van der Waals surface area contributed by atoms with Gasteiger partial charge in [-0.15, -0.1) is 0 Å². The smallest absolute Gasteiger partial charge is 0.0115 e. The molecule has 0 spiro atoms. The first kappa shape index (κ1) is 17.9. The van der Waals surface area contributed by atoms with E-state index < -0.39 is 0 Å². The lowest BCUT2D eigenvalue weighted by molar-refractivity contribution is 0.150. The van der Waals surface area contributed by atoms with Gasteiger partial charge in [-0.1, -0.05) is 0 Å². The number of likely N-dealkylation sites (tertiary alicyclic amines) is 1. The van der Waals surface area contributed by atoms with Gasteiger partial charge in [0.2, 0.25) is 0 Å². The van der Waals surface area contributed by atoms with Crippen LogP contribution < -0.4 is 5.32 Å². The van der Waals surface area contributed by atoms with E-state index in [1.165, 1.54) is 32.6 Å². The van der Waals surface area contributed by atoms with Crippen LogP contribution in [0.2, 0.25) is 0 Å². The zero-order valence-corrected chi connectivity index (χ0v) is 14.9. The first-order valence-corrected chi connectivity index (χ1v) is 8.42. The Hall–Kier alpha value is -0.120. The second-order valence-electron chi connectivity index (χ2n) is 8.01. The standard InChI is InChI=1S/C17H37N3/c1-14(2)20(15(3)4)11-10-19-9-8-16(13-19)12-18-17(5,6)7/h14-16,18H,8-13H2,1-7H3. The molecular formula is C17H37N3. The van der Waals surface area contributed by atoms with E-state index in [4.69, 9.17) is 0 Å². The molecule has 3 nitrogen and oxygen atoms in total. The third-order valence-electron chi connectivity index (χ3n) is 4.29. The monoisotopic (exact) mass is 283 g/mol. The van der Waals surface area contributed by atoms with Crippen LogP contribution in [0.15, 0.2) is 0 Å². The summed E-state index contributed by atoms with van der Waals surface area (Å²) in [6, 6.07) is 1.30. The van der Waals surface area contributed by atoms with Gasteiger partial charge in [0, 0.05) is 37.3 Å². The highest BCUT2D eigenvalue weighted by atomic mass is 15.2. The lowest BCUT2D eigenvalue weighted by Gasteiger charge is -2.32. The molecule has 3 heteroatoms. The van der Waals surface area contributed by atoms with Gasteiger partial charge in [-0.05, 0) is 73.9 Å². The lowest BCUT2D eigenvalue weighted by atomic mass is 10.1. The minimum absolute atomic E-state index is 0.250. The van der Waals surface area contributed by atoms with Crippen LogP contribution in [0.3, 0.4) is 0 Å². The van der Waals surface area contributed by atoms with Gasteiger partial charge < -0.3 is 10.2 Å². The van der Waals surface area contributed by atoms with Crippen molar-refractivity contribution >= 4 is 0 Å². The summed E-state index contributed by atoms with van der Waals surface area (Å²) in [5.41, 5.74) is 0.250. The largest absolute Gasteiger partial charge is 0.312 e. The summed E-state index contributed by atoms with van der Waals surface area (Å²) in [5.74, 6) is 0.834. The molecule has 1 aliphatic heterocycles. The zero-order chi connectivity index (χ0) is 15.3. The van der Waals surface area contributed by atoms with Crippen molar-refractivity contribution in [2.24, 2.45) is 5.92 Å². The molecule has 0 aliphatic carbocycles. The molecule has 0 aromatic heterocycles. The molecular weight excluding hydrogens is 246 g/mol. The summed E-state index contributed by atoms with van der Waals surface area (Å²) in [6.07, 6.45) is 1.35. The van der Waals surface area contributed by atoms with E-state index in [1.54, 1.807) is 0 Å². The summed E-state index contributed by atoms with van der Waals surface area (Å²) in [5, 5.41) is 3.65. The van der Waals surface area contributed by atoms with Crippen molar-refractivity contribution in [2.45, 2.75) is 72.5 Å². The molecule has 120 valence electrons. The molecule has 1 rings (SSSR count). The highest BCUT2D eigenvalue weighted by Crippen LogP contribution is 2.16. The Kier molecular flexibility index (Phi) is 6.96. The van der Waals surface area contributed by atoms with Crippen LogP contribution in [0.4, 0.5) is 0 Å². The van der Waals surface area contributed by atoms with Crippen LogP contribution in [0.1, 0.15) is 54.9 Å². The number of rotatable bonds is 7. The number of hydrogen-bond acceptors (Lipinski definition) is 3. The summed E-state index contributed by atoms with van der Waals surface area (Å²) >= 11 is 0. The average molecular weight is 284 g/mol. The minimum Gasteiger partial charge on any atom is -0.312 e. The fraction of sp³-hybridized carbons (Fsp3) is 1.00. The molecule has 0 bridgehead atoms. The quantitative estimate of drug-likeness (QED) is 0.775. The van der Waals surface area contributed by atoms with Crippen molar-refractivity contribution in [2.75, 3.05) is 32.7 Å². The maximum Gasteiger partial charge on any atom is 0.0115 e. The lowest BCUT2D eigenvalue weighted by Crippen LogP contribution is -2.42. The highest BCUT2D eigenvalue weighted by molar-refractivity contribution is 4.81. The number of hydrogen-bond donors (Lipinski definition) is 1. The van der Waals surface area contributed by atoms with Crippen molar-refractivity contribution in [3.05, 3.63) is 0 Å². The number of nitrogens with one attached hydrogen (secondary N) is 1. The van der Waals surface area contributed by atoms with E-state index in [2.05, 4.69) is 63.6 Å². The van der Waals surface area contributed by atoms with E-state index >= 15 is 0 Å². The average Bonchev–Trinajstić information content (AvgIpc) is 2.72. The van der Waals surface area contributed by atoms with Crippen molar-refractivity contribution in [1.82, 2.24) is 15.1 Å². The van der Waals surface area contributed by atoms with E-state index in [9.17, 15) is 0 Å². The summed E-state index contributed by atoms with van der Waals surface area (Å²) in [6.45, 7) is 22.1. The first-order valence-electron chi connectivity index (χ1n) is 8.42. The summed E-state index contributed by atoms with van der Waals surface area (Å²) < 4.78 is 0. The fourth-order valence-electron chi connectivity index (χ4n) is 3.10. The third kappa shape index (κ3) is 6.55. The maximum absolute atomic E-state index is 3.65. The van der Waals surface area contributed by atoms with E-state index in [1.807, 2.05) is 0 Å². The topological polar surface area (TPSA) is 18.5 Å². The molecule has 0 aromatic carbocycles. The third-order valence-corrected chi connectivity index (χ3v) is 4.29. The maximum atomic E-state index is 3.65. The Bertz CT molecular complexity index is 260. The Morgan fingerprint density at radius 2 is 1.75 bits per heavy atom. The van der Waals surface area contributed by atoms with Gasteiger partial charge in [-0.2, -0.15) is 0 Å². The number of nitrogens with zero attached hydrogens (tertiary/aromatic N) is 2. The molecule has 1 aliphatic rings. The second-order valence-corrected chi connectivity index (χ2v) is 8.01. The molecule has 0 amide bonds. The van der Waals surface area contributed by atoms with Gasteiger partial charge in [0.25, 0.3) is 0 Å². The normalized spacial score (nSPS) is 21.6. The molecule has 1 fully saturated rings. The molecule has 0 radical (unpaired) electrons. The molecule has 1 heterocycles. The summed E-state index contributed by atoms with van der Waals surface area (Å²) in [4.78, 5) is 5.24. The highest BCUT2D eigenvalue weighted by Gasteiger charge is 2.24. The van der Waals surface area contributed by atoms with Crippen molar-refractivity contribution in [1.29, 1.82) is 0 Å². The van der Waals surface area contributed by atoms with Crippen LogP contribution in [-0.2, 0) is 0 Å². The van der Waals surface area contributed by atoms with Gasteiger partial charge >= 0.3 is 0 Å². The van der Waals surface area contributed by atoms with Crippen LogP contribution in [0, 0.1) is 5.92 Å². The first-order chi connectivity index (χ1) is 9.19. The van der Waals surface area contributed by atoms with E-state index in [0.717, 1.165) is 12.5 Å². The Morgan fingerprint density at radius 1 is 1.15 bits per heavy atom. The molecule has 1 atom stereocenters. The molecule has 1 unspecified atom stereocenters. The molecule has 1 saturated heterocycles. The Morgan fingerprint density at radius 3 is 2.25 bits per heavy atom. The van der Waals surface area contributed by atoms with E-state index in [0.29, 0.717) is 12.1 Å². The van der Waals surface area contributed by atoms with E-state index in [-0.39, 0.29) is 5.54 Å².